The first kappa shape index (κ1) is 15.0. The van der Waals surface area contributed by atoms with Crippen molar-refractivity contribution in [1.82, 2.24) is 15.6 Å². The Labute approximate surface area is 109 Å². The number of nitrogens with two attached hydrogens (primary N) is 2. The van der Waals surface area contributed by atoms with Crippen LogP contribution < -0.4 is 22.1 Å². The molecule has 0 spiro atoms. The number of nitrogens with one attached hydrogen (secondary N) is 2. The van der Waals surface area contributed by atoms with Gasteiger partial charge >= 0.3 is 0 Å². The summed E-state index contributed by atoms with van der Waals surface area (Å²) in [7, 11) is 0. The van der Waals surface area contributed by atoms with E-state index in [-0.39, 0.29) is 0 Å². The molecule has 0 unspecified atom stereocenters. The maximum absolute atomic E-state index is 5.44. The first-order valence-electron chi connectivity index (χ1n) is 6.63. The minimum Gasteiger partial charge on any atom is -0.330 e. The Hall–Kier alpha value is -1.01. The highest BCUT2D eigenvalue weighted by Crippen LogP contribution is 1.99. The maximum atomic E-state index is 5.44. The van der Waals surface area contributed by atoms with Crippen molar-refractivity contribution in [2.45, 2.75) is 25.9 Å². The summed E-state index contributed by atoms with van der Waals surface area (Å²) in [6, 6.07) is 6.13. The van der Waals surface area contributed by atoms with Crippen molar-refractivity contribution < 1.29 is 0 Å². The predicted molar refractivity (Wildman–Crippen MR) is 75.0 cm³/mol. The van der Waals surface area contributed by atoms with Gasteiger partial charge in [0.15, 0.2) is 0 Å². The summed E-state index contributed by atoms with van der Waals surface area (Å²) in [4.78, 5) is 4.58. The molecule has 0 fully saturated rings. The highest BCUT2D eigenvalue weighted by Gasteiger charge is 1.97. The third kappa shape index (κ3) is 6.66. The molecule has 18 heavy (non-hydrogen) atoms. The third-order valence-electron chi connectivity index (χ3n) is 2.59. The Balaban J connectivity index is 2.27. The molecular formula is C13H25N5. The van der Waals surface area contributed by atoms with Crippen LogP contribution in [0.4, 0.5) is 0 Å². The van der Waals surface area contributed by atoms with E-state index in [1.165, 1.54) is 0 Å². The zero-order valence-electron chi connectivity index (χ0n) is 11.0. The minimum absolute atomic E-state index is 0.728. The summed E-state index contributed by atoms with van der Waals surface area (Å²) in [5, 5.41) is 6.65. The van der Waals surface area contributed by atoms with E-state index in [9.17, 15) is 0 Å². The number of nitrogens with zero attached hydrogens (tertiary/aromatic N) is 1. The van der Waals surface area contributed by atoms with Crippen molar-refractivity contribution in [1.29, 1.82) is 0 Å². The molecule has 1 aromatic rings. The van der Waals surface area contributed by atoms with Crippen molar-refractivity contribution >= 4 is 0 Å². The number of hydrogen-bond acceptors (Lipinski definition) is 5. The van der Waals surface area contributed by atoms with Crippen LogP contribution >= 0.6 is 0 Å². The average Bonchev–Trinajstić information content (AvgIpc) is 2.40. The Kier molecular flexibility index (Phi) is 8.33. The van der Waals surface area contributed by atoms with Gasteiger partial charge in [-0.2, -0.15) is 0 Å². The summed E-state index contributed by atoms with van der Waals surface area (Å²) >= 11 is 0. The molecule has 1 heterocycles. The lowest BCUT2D eigenvalue weighted by atomic mass is 10.3. The Morgan fingerprint density at radius 1 is 0.889 bits per heavy atom. The smallest absolute Gasteiger partial charge is 0.0545 e. The summed E-state index contributed by atoms with van der Waals surface area (Å²) in [5.74, 6) is 0. The van der Waals surface area contributed by atoms with E-state index in [1.807, 2.05) is 18.2 Å². The predicted octanol–water partition coefficient (Wildman–Crippen LogP) is -0.0416. The van der Waals surface area contributed by atoms with Gasteiger partial charge in [0.25, 0.3) is 0 Å². The van der Waals surface area contributed by atoms with Crippen LogP contribution in [0.2, 0.25) is 0 Å². The third-order valence-corrected chi connectivity index (χ3v) is 2.59. The van der Waals surface area contributed by atoms with Crippen molar-refractivity contribution in [3.8, 4) is 0 Å². The van der Waals surface area contributed by atoms with E-state index in [2.05, 4.69) is 15.6 Å². The van der Waals surface area contributed by atoms with E-state index in [1.54, 1.807) is 0 Å². The first-order valence-corrected chi connectivity index (χ1v) is 6.63. The molecule has 0 aliphatic carbocycles. The zero-order valence-corrected chi connectivity index (χ0v) is 11.0. The molecule has 5 nitrogen and oxygen atoms in total. The van der Waals surface area contributed by atoms with Gasteiger partial charge in [0, 0.05) is 13.1 Å². The van der Waals surface area contributed by atoms with Crippen molar-refractivity contribution in [2.24, 2.45) is 11.5 Å². The van der Waals surface area contributed by atoms with E-state index in [0.29, 0.717) is 0 Å². The first-order chi connectivity index (χ1) is 8.86. The molecule has 102 valence electrons. The second-order valence-corrected chi connectivity index (χ2v) is 4.26. The molecule has 1 rings (SSSR count). The molecule has 6 N–H and O–H groups in total. The van der Waals surface area contributed by atoms with Crippen LogP contribution in [0.3, 0.4) is 0 Å². The van der Waals surface area contributed by atoms with Crippen LogP contribution in [0, 0.1) is 0 Å². The topological polar surface area (TPSA) is 89.0 Å². The molecule has 1 aromatic heterocycles. The molecule has 0 aromatic carbocycles. The fourth-order valence-corrected chi connectivity index (χ4v) is 1.61. The number of hydrogen-bond donors (Lipinski definition) is 4. The average molecular weight is 251 g/mol. The normalized spacial score (nSPS) is 10.8. The highest BCUT2D eigenvalue weighted by molar-refractivity contribution is 5.11. The number of rotatable bonds is 10. The van der Waals surface area contributed by atoms with Gasteiger partial charge in [-0.3, -0.25) is 4.98 Å². The zero-order chi connectivity index (χ0) is 13.1. The van der Waals surface area contributed by atoms with Gasteiger partial charge in [0.05, 0.1) is 11.4 Å². The molecule has 0 saturated carbocycles. The van der Waals surface area contributed by atoms with E-state index < -0.39 is 0 Å². The van der Waals surface area contributed by atoms with Gasteiger partial charge in [-0.1, -0.05) is 6.07 Å². The molecule has 5 heteroatoms. The SMILES string of the molecule is NCCCNCc1cccc(CNCCCN)n1. The van der Waals surface area contributed by atoms with Crippen LogP contribution in [0.25, 0.3) is 0 Å². The molecule has 0 aliphatic heterocycles. The van der Waals surface area contributed by atoms with Crippen LogP contribution in [0.1, 0.15) is 24.2 Å². The van der Waals surface area contributed by atoms with Crippen molar-refractivity contribution in [3.05, 3.63) is 29.6 Å². The molecule has 0 saturated heterocycles. The van der Waals surface area contributed by atoms with E-state index in [4.69, 9.17) is 11.5 Å². The fraction of sp³-hybridized carbons (Fsp3) is 0.615. The second kappa shape index (κ2) is 9.96. The molecule has 0 radical (unpaired) electrons. The monoisotopic (exact) mass is 251 g/mol. The van der Waals surface area contributed by atoms with Crippen LogP contribution in [-0.4, -0.2) is 31.2 Å². The van der Waals surface area contributed by atoms with Crippen LogP contribution in [0.15, 0.2) is 18.2 Å². The second-order valence-electron chi connectivity index (χ2n) is 4.26. The van der Waals surface area contributed by atoms with Crippen LogP contribution in [0.5, 0.6) is 0 Å². The van der Waals surface area contributed by atoms with Crippen molar-refractivity contribution in [3.63, 3.8) is 0 Å². The lowest BCUT2D eigenvalue weighted by Crippen LogP contribution is -2.20. The van der Waals surface area contributed by atoms with Gasteiger partial charge in [0.2, 0.25) is 0 Å². The number of pyridine rings is 1. The molecule has 0 amide bonds. The van der Waals surface area contributed by atoms with E-state index >= 15 is 0 Å². The Morgan fingerprint density at radius 3 is 1.83 bits per heavy atom. The van der Waals surface area contributed by atoms with Gasteiger partial charge in [-0.25, -0.2) is 0 Å². The lowest BCUT2D eigenvalue weighted by molar-refractivity contribution is 0.628. The molecule has 0 aliphatic rings. The number of aromatic nitrogens is 1. The molecular weight excluding hydrogens is 226 g/mol. The molecule has 0 bridgehead atoms. The Bertz CT molecular complexity index is 289. The lowest BCUT2D eigenvalue weighted by Gasteiger charge is -2.07. The maximum Gasteiger partial charge on any atom is 0.0545 e. The minimum atomic E-state index is 0.728. The quantitative estimate of drug-likeness (QED) is 0.438. The van der Waals surface area contributed by atoms with E-state index in [0.717, 1.165) is 63.5 Å². The van der Waals surface area contributed by atoms with Crippen molar-refractivity contribution in [2.75, 3.05) is 26.2 Å². The Morgan fingerprint density at radius 2 is 1.39 bits per heavy atom. The van der Waals surface area contributed by atoms with Crippen LogP contribution in [-0.2, 0) is 13.1 Å². The van der Waals surface area contributed by atoms with Gasteiger partial charge in [-0.15, -0.1) is 0 Å². The largest absolute Gasteiger partial charge is 0.330 e. The van der Waals surface area contributed by atoms with Gasteiger partial charge in [-0.05, 0) is 51.2 Å². The van der Waals surface area contributed by atoms with Gasteiger partial charge in [0.1, 0.15) is 0 Å². The summed E-state index contributed by atoms with van der Waals surface area (Å²) in [5.41, 5.74) is 13.0. The standard InChI is InChI=1S/C13H25N5/c14-6-2-8-16-10-12-4-1-5-13(18-12)11-17-9-3-7-15/h1,4-5,16-17H,2-3,6-11,14-15H2. The van der Waals surface area contributed by atoms with Gasteiger partial charge < -0.3 is 22.1 Å². The highest BCUT2D eigenvalue weighted by atomic mass is 14.9. The summed E-state index contributed by atoms with van der Waals surface area (Å²) in [6.45, 7) is 4.94. The summed E-state index contributed by atoms with van der Waals surface area (Å²) in [6.07, 6.45) is 2.00. The molecule has 0 atom stereocenters. The fourth-order valence-electron chi connectivity index (χ4n) is 1.61. The summed E-state index contributed by atoms with van der Waals surface area (Å²) < 4.78 is 0.